The lowest BCUT2D eigenvalue weighted by molar-refractivity contribution is 0.00636. The van der Waals surface area contributed by atoms with Crippen molar-refractivity contribution in [1.29, 1.82) is 0 Å². The molecule has 0 aliphatic carbocycles. The molecule has 19 heavy (non-hydrogen) atoms. The number of hydrogen-bond acceptors (Lipinski definition) is 5. The number of hydrogen-bond donors (Lipinski definition) is 2. The van der Waals surface area contributed by atoms with Crippen LogP contribution in [0.2, 0.25) is 0 Å². The van der Waals surface area contributed by atoms with Crippen molar-refractivity contribution in [3.63, 3.8) is 0 Å². The van der Waals surface area contributed by atoms with Gasteiger partial charge in [-0.25, -0.2) is 0 Å². The predicted molar refractivity (Wildman–Crippen MR) is 71.5 cm³/mol. The molecule has 1 aromatic carbocycles. The molecule has 1 aromatic rings. The maximum absolute atomic E-state index is 9.18. The summed E-state index contributed by atoms with van der Waals surface area (Å²) in [6, 6.07) is 5.07. The Labute approximate surface area is 113 Å². The minimum atomic E-state index is -0.471. The highest BCUT2D eigenvalue weighted by Crippen LogP contribution is 2.35. The summed E-state index contributed by atoms with van der Waals surface area (Å²) in [5.74, 6) is 1.24. The van der Waals surface area contributed by atoms with E-state index in [4.69, 9.17) is 19.9 Å². The van der Waals surface area contributed by atoms with Gasteiger partial charge in [0.1, 0.15) is 6.10 Å². The van der Waals surface area contributed by atoms with E-state index in [9.17, 15) is 5.11 Å². The first-order valence-electron chi connectivity index (χ1n) is 6.54. The molecule has 106 valence electrons. The molecule has 1 saturated heterocycles. The smallest absolute Gasteiger partial charge is 0.165 e. The summed E-state index contributed by atoms with van der Waals surface area (Å²) in [4.78, 5) is 0. The zero-order valence-electron chi connectivity index (χ0n) is 11.2. The predicted octanol–water partition coefficient (Wildman–Crippen LogP) is 1.25. The van der Waals surface area contributed by atoms with Crippen LogP contribution >= 0.6 is 0 Å². The van der Waals surface area contributed by atoms with Gasteiger partial charge in [-0.05, 0) is 18.9 Å². The van der Waals surface area contributed by atoms with Crippen LogP contribution in [0, 0.1) is 0 Å². The molecule has 5 nitrogen and oxygen atoms in total. The molecule has 1 heterocycles. The third-order valence-corrected chi connectivity index (χ3v) is 3.22. The third-order valence-electron chi connectivity index (χ3n) is 3.22. The molecule has 1 aliphatic rings. The second-order valence-corrected chi connectivity index (χ2v) is 4.62. The number of aliphatic hydroxyl groups is 1. The van der Waals surface area contributed by atoms with E-state index in [0.29, 0.717) is 18.1 Å². The van der Waals surface area contributed by atoms with Crippen molar-refractivity contribution in [1.82, 2.24) is 0 Å². The van der Waals surface area contributed by atoms with Crippen molar-refractivity contribution in [2.75, 3.05) is 26.9 Å². The second-order valence-electron chi connectivity index (χ2n) is 4.62. The van der Waals surface area contributed by atoms with E-state index in [1.54, 1.807) is 7.11 Å². The third kappa shape index (κ3) is 3.37. The van der Waals surface area contributed by atoms with E-state index in [-0.39, 0.29) is 12.7 Å². The van der Waals surface area contributed by atoms with Gasteiger partial charge >= 0.3 is 0 Å². The molecule has 0 bridgehead atoms. The summed E-state index contributed by atoms with van der Waals surface area (Å²) in [5.41, 5.74) is 6.61. The Bertz CT molecular complexity index is 404. The van der Waals surface area contributed by atoms with Gasteiger partial charge in [0.2, 0.25) is 0 Å². The highest BCUT2D eigenvalue weighted by molar-refractivity contribution is 5.48. The average molecular weight is 267 g/mol. The van der Waals surface area contributed by atoms with Gasteiger partial charge in [-0.1, -0.05) is 12.1 Å². The lowest BCUT2D eigenvalue weighted by Crippen LogP contribution is -2.28. The molecule has 2 rings (SSSR count). The summed E-state index contributed by atoms with van der Waals surface area (Å²) >= 11 is 0. The molecule has 0 amide bonds. The zero-order chi connectivity index (χ0) is 13.7. The molecule has 0 radical (unpaired) electrons. The number of benzene rings is 1. The van der Waals surface area contributed by atoms with Crippen LogP contribution in [0.1, 0.15) is 24.4 Å². The van der Waals surface area contributed by atoms with E-state index in [2.05, 4.69) is 0 Å². The molecule has 0 saturated carbocycles. The SMILES string of the molecule is COc1c(OC2CCCOC2)cccc1C(N)CO. The minimum Gasteiger partial charge on any atom is -0.493 e. The van der Waals surface area contributed by atoms with Crippen LogP contribution in [0.25, 0.3) is 0 Å². The molecule has 0 spiro atoms. The van der Waals surface area contributed by atoms with Gasteiger partial charge in [0.25, 0.3) is 0 Å². The van der Waals surface area contributed by atoms with Crippen molar-refractivity contribution in [3.05, 3.63) is 23.8 Å². The lowest BCUT2D eigenvalue weighted by atomic mass is 10.1. The van der Waals surface area contributed by atoms with E-state index >= 15 is 0 Å². The van der Waals surface area contributed by atoms with Gasteiger partial charge in [-0.3, -0.25) is 0 Å². The van der Waals surface area contributed by atoms with Crippen LogP contribution in [0.15, 0.2) is 18.2 Å². The fraction of sp³-hybridized carbons (Fsp3) is 0.571. The first kappa shape index (κ1) is 14.1. The van der Waals surface area contributed by atoms with Crippen molar-refractivity contribution in [2.45, 2.75) is 25.0 Å². The molecule has 1 aliphatic heterocycles. The zero-order valence-corrected chi connectivity index (χ0v) is 11.2. The summed E-state index contributed by atoms with van der Waals surface area (Å²) < 4.78 is 16.7. The Balaban J connectivity index is 2.19. The fourth-order valence-corrected chi connectivity index (χ4v) is 2.22. The largest absolute Gasteiger partial charge is 0.493 e. The lowest BCUT2D eigenvalue weighted by Gasteiger charge is -2.25. The Kier molecular flexibility index (Phi) is 5.01. The first-order valence-corrected chi connectivity index (χ1v) is 6.54. The Morgan fingerprint density at radius 2 is 2.37 bits per heavy atom. The molecular formula is C14H21NO4. The molecule has 1 fully saturated rings. The van der Waals surface area contributed by atoms with Gasteiger partial charge in [-0.2, -0.15) is 0 Å². The van der Waals surface area contributed by atoms with Crippen LogP contribution in [-0.2, 0) is 4.74 Å². The molecule has 5 heteroatoms. The number of aliphatic hydroxyl groups excluding tert-OH is 1. The van der Waals surface area contributed by atoms with Crippen LogP contribution in [0.5, 0.6) is 11.5 Å². The Morgan fingerprint density at radius 1 is 1.53 bits per heavy atom. The van der Waals surface area contributed by atoms with Crippen LogP contribution in [0.3, 0.4) is 0 Å². The van der Waals surface area contributed by atoms with E-state index in [0.717, 1.165) is 25.0 Å². The van der Waals surface area contributed by atoms with Crippen LogP contribution in [0.4, 0.5) is 0 Å². The van der Waals surface area contributed by atoms with Gasteiger partial charge in [0.05, 0.1) is 26.4 Å². The standard InChI is InChI=1S/C14H21NO4/c1-17-14-11(12(15)8-16)5-2-6-13(14)19-10-4-3-7-18-9-10/h2,5-6,10,12,16H,3-4,7-9,15H2,1H3. The van der Waals surface area contributed by atoms with Gasteiger partial charge < -0.3 is 25.1 Å². The number of para-hydroxylation sites is 1. The minimum absolute atomic E-state index is 0.0447. The quantitative estimate of drug-likeness (QED) is 0.839. The number of nitrogens with two attached hydrogens (primary N) is 1. The molecular weight excluding hydrogens is 246 g/mol. The monoisotopic (exact) mass is 267 g/mol. The Morgan fingerprint density at radius 3 is 3.00 bits per heavy atom. The fourth-order valence-electron chi connectivity index (χ4n) is 2.22. The molecule has 2 atom stereocenters. The molecule has 3 N–H and O–H groups in total. The van der Waals surface area contributed by atoms with Crippen molar-refractivity contribution >= 4 is 0 Å². The summed E-state index contributed by atoms with van der Waals surface area (Å²) in [5, 5.41) is 9.18. The normalized spacial score (nSPS) is 20.9. The summed E-state index contributed by atoms with van der Waals surface area (Å²) in [6.07, 6.45) is 2.02. The van der Waals surface area contributed by atoms with Crippen molar-refractivity contribution in [2.24, 2.45) is 5.73 Å². The maximum atomic E-state index is 9.18. The number of ether oxygens (including phenoxy) is 3. The summed E-state index contributed by atoms with van der Waals surface area (Å²) in [7, 11) is 1.58. The van der Waals surface area contributed by atoms with Gasteiger partial charge in [-0.15, -0.1) is 0 Å². The topological polar surface area (TPSA) is 73.9 Å². The molecule has 0 aromatic heterocycles. The number of rotatable bonds is 5. The van der Waals surface area contributed by atoms with Crippen LogP contribution < -0.4 is 15.2 Å². The van der Waals surface area contributed by atoms with E-state index in [1.807, 2.05) is 18.2 Å². The van der Waals surface area contributed by atoms with Crippen molar-refractivity contribution < 1.29 is 19.3 Å². The average Bonchev–Trinajstić information content (AvgIpc) is 2.47. The highest BCUT2D eigenvalue weighted by atomic mass is 16.5. The highest BCUT2D eigenvalue weighted by Gasteiger charge is 2.20. The molecule has 2 unspecified atom stereocenters. The Hall–Kier alpha value is -1.30. The van der Waals surface area contributed by atoms with Crippen LogP contribution in [-0.4, -0.2) is 38.1 Å². The first-order chi connectivity index (χ1) is 9.26. The second kappa shape index (κ2) is 6.75. The summed E-state index contributed by atoms with van der Waals surface area (Å²) in [6.45, 7) is 1.26. The van der Waals surface area contributed by atoms with E-state index in [1.165, 1.54) is 0 Å². The van der Waals surface area contributed by atoms with Crippen molar-refractivity contribution in [3.8, 4) is 11.5 Å². The van der Waals surface area contributed by atoms with Gasteiger partial charge in [0, 0.05) is 12.2 Å². The van der Waals surface area contributed by atoms with Gasteiger partial charge in [0.15, 0.2) is 11.5 Å². The number of methoxy groups -OCH3 is 1. The maximum Gasteiger partial charge on any atom is 0.165 e. The van der Waals surface area contributed by atoms with E-state index < -0.39 is 6.04 Å².